The van der Waals surface area contributed by atoms with Crippen LogP contribution in [0.4, 0.5) is 0 Å². The van der Waals surface area contributed by atoms with Crippen molar-refractivity contribution < 1.29 is 14.6 Å². The van der Waals surface area contributed by atoms with E-state index in [0.29, 0.717) is 19.6 Å². The van der Waals surface area contributed by atoms with Gasteiger partial charge in [-0.05, 0) is 25.0 Å². The molecule has 0 aromatic heterocycles. The first-order chi connectivity index (χ1) is 6.44. The highest BCUT2D eigenvalue weighted by Gasteiger charge is 2.51. The van der Waals surface area contributed by atoms with Gasteiger partial charge in [0.25, 0.3) is 0 Å². The van der Waals surface area contributed by atoms with Gasteiger partial charge >= 0.3 is 0 Å². The molecule has 0 aromatic carbocycles. The summed E-state index contributed by atoms with van der Waals surface area (Å²) < 4.78 is 11.4. The fourth-order valence-corrected chi connectivity index (χ4v) is 1.67. The molecule has 3 nitrogen and oxygen atoms in total. The van der Waals surface area contributed by atoms with Gasteiger partial charge in [0.15, 0.2) is 0 Å². The molecule has 3 heteroatoms. The van der Waals surface area contributed by atoms with Crippen LogP contribution in [0.15, 0.2) is 11.6 Å². The van der Waals surface area contributed by atoms with Crippen LogP contribution in [0.1, 0.15) is 27.2 Å². The minimum Gasteiger partial charge on any atom is -0.393 e. The summed E-state index contributed by atoms with van der Waals surface area (Å²) >= 11 is 0. The van der Waals surface area contributed by atoms with E-state index in [4.69, 9.17) is 9.47 Å². The molecule has 1 saturated heterocycles. The minimum atomic E-state index is -0.535. The van der Waals surface area contributed by atoms with Gasteiger partial charge in [-0.3, -0.25) is 0 Å². The molecule has 1 spiro atoms. The first-order valence-corrected chi connectivity index (χ1v) is 5.12. The van der Waals surface area contributed by atoms with Crippen molar-refractivity contribution >= 4 is 0 Å². The largest absolute Gasteiger partial charge is 0.393 e. The van der Waals surface area contributed by atoms with Gasteiger partial charge < -0.3 is 14.6 Å². The van der Waals surface area contributed by atoms with Crippen molar-refractivity contribution in [2.24, 2.45) is 5.41 Å². The second kappa shape index (κ2) is 3.05. The zero-order chi connectivity index (χ0) is 10.4. The Bertz CT molecular complexity index is 256. The molecule has 0 radical (unpaired) electrons. The Balaban J connectivity index is 1.87. The highest BCUT2D eigenvalue weighted by Crippen LogP contribution is 2.46. The summed E-state index contributed by atoms with van der Waals surface area (Å²) in [5.74, 6) is -0.535. The van der Waals surface area contributed by atoms with Crippen molar-refractivity contribution in [3.05, 3.63) is 11.6 Å². The third kappa shape index (κ3) is 1.85. The molecule has 80 valence electrons. The predicted octanol–water partition coefficient (Wildman–Crippen LogP) is 1.47. The van der Waals surface area contributed by atoms with Crippen LogP contribution in [0.2, 0.25) is 0 Å². The summed E-state index contributed by atoms with van der Waals surface area (Å²) in [5, 5.41) is 9.23. The van der Waals surface area contributed by atoms with Gasteiger partial charge in [-0.25, -0.2) is 0 Å². The normalized spacial score (nSPS) is 29.9. The van der Waals surface area contributed by atoms with Crippen LogP contribution in [-0.4, -0.2) is 30.2 Å². The number of hydrogen-bond acceptors (Lipinski definition) is 3. The van der Waals surface area contributed by atoms with E-state index in [1.165, 1.54) is 0 Å². The lowest BCUT2D eigenvalue weighted by Crippen LogP contribution is -2.41. The Morgan fingerprint density at radius 2 is 2.00 bits per heavy atom. The van der Waals surface area contributed by atoms with Gasteiger partial charge in [0.2, 0.25) is 5.79 Å². The summed E-state index contributed by atoms with van der Waals surface area (Å²) in [6, 6.07) is 0. The molecule has 0 saturated carbocycles. The van der Waals surface area contributed by atoms with Crippen molar-refractivity contribution in [3.63, 3.8) is 0 Å². The smallest absolute Gasteiger partial charge is 0.211 e. The molecular formula is C11H18O3. The topological polar surface area (TPSA) is 38.7 Å². The van der Waals surface area contributed by atoms with Crippen LogP contribution in [0.5, 0.6) is 0 Å². The summed E-state index contributed by atoms with van der Waals surface area (Å²) in [4.78, 5) is 0. The molecule has 0 amide bonds. The number of ether oxygens (including phenoxy) is 2. The number of hydrogen-bond donors (Lipinski definition) is 1. The summed E-state index contributed by atoms with van der Waals surface area (Å²) in [7, 11) is 0. The highest BCUT2D eigenvalue weighted by molar-refractivity contribution is 5.39. The first-order valence-electron chi connectivity index (χ1n) is 5.12. The lowest BCUT2D eigenvalue weighted by atomic mass is 9.95. The SMILES string of the molecule is CC(O)CC1=CC12OCC(C)(C)CO2. The Hall–Kier alpha value is -0.380. The molecule has 1 fully saturated rings. The summed E-state index contributed by atoms with van der Waals surface area (Å²) in [6.45, 7) is 7.45. The minimum absolute atomic E-state index is 0.109. The maximum atomic E-state index is 9.23. The third-order valence-corrected chi connectivity index (χ3v) is 2.60. The van der Waals surface area contributed by atoms with Crippen LogP contribution in [0, 0.1) is 5.41 Å². The van der Waals surface area contributed by atoms with Gasteiger partial charge in [0.05, 0.1) is 19.3 Å². The van der Waals surface area contributed by atoms with Crippen LogP contribution < -0.4 is 0 Å². The maximum absolute atomic E-state index is 9.23. The fraction of sp³-hybridized carbons (Fsp3) is 0.818. The molecule has 0 aromatic rings. The molecule has 0 bridgehead atoms. The quantitative estimate of drug-likeness (QED) is 0.683. The van der Waals surface area contributed by atoms with Crippen molar-refractivity contribution in [1.29, 1.82) is 0 Å². The van der Waals surface area contributed by atoms with Crippen LogP contribution in [0.3, 0.4) is 0 Å². The Morgan fingerprint density at radius 1 is 1.43 bits per heavy atom. The fourth-order valence-electron chi connectivity index (χ4n) is 1.67. The zero-order valence-electron chi connectivity index (χ0n) is 9.04. The second-order valence-electron chi connectivity index (χ2n) is 5.13. The first kappa shape index (κ1) is 10.1. The number of rotatable bonds is 2. The average Bonchev–Trinajstić information content (AvgIpc) is 2.71. The summed E-state index contributed by atoms with van der Waals surface area (Å²) in [5.41, 5.74) is 1.19. The highest BCUT2D eigenvalue weighted by atomic mass is 16.7. The maximum Gasteiger partial charge on any atom is 0.211 e. The third-order valence-electron chi connectivity index (χ3n) is 2.60. The number of aliphatic hydroxyl groups excluding tert-OH is 1. The van der Waals surface area contributed by atoms with E-state index in [2.05, 4.69) is 13.8 Å². The molecule has 1 aliphatic carbocycles. The van der Waals surface area contributed by atoms with Crippen molar-refractivity contribution in [2.45, 2.75) is 39.1 Å². The van der Waals surface area contributed by atoms with Gasteiger partial charge in [0.1, 0.15) is 0 Å². The molecule has 2 rings (SSSR count). The van der Waals surface area contributed by atoms with Gasteiger partial charge in [-0.2, -0.15) is 0 Å². The van der Waals surface area contributed by atoms with E-state index in [-0.39, 0.29) is 11.5 Å². The van der Waals surface area contributed by atoms with Crippen molar-refractivity contribution in [2.75, 3.05) is 13.2 Å². The molecule has 1 heterocycles. The van der Waals surface area contributed by atoms with Crippen LogP contribution in [-0.2, 0) is 9.47 Å². The molecule has 1 unspecified atom stereocenters. The van der Waals surface area contributed by atoms with Crippen LogP contribution >= 0.6 is 0 Å². The number of aliphatic hydroxyl groups is 1. The Morgan fingerprint density at radius 3 is 2.50 bits per heavy atom. The molecule has 1 aliphatic heterocycles. The van der Waals surface area contributed by atoms with E-state index in [0.717, 1.165) is 5.57 Å². The van der Waals surface area contributed by atoms with E-state index in [1.54, 1.807) is 6.92 Å². The Kier molecular flexibility index (Phi) is 2.21. The summed E-state index contributed by atoms with van der Waals surface area (Å²) in [6.07, 6.45) is 2.30. The second-order valence-corrected chi connectivity index (χ2v) is 5.13. The van der Waals surface area contributed by atoms with Gasteiger partial charge in [-0.1, -0.05) is 13.8 Å². The van der Waals surface area contributed by atoms with Crippen molar-refractivity contribution in [1.82, 2.24) is 0 Å². The van der Waals surface area contributed by atoms with E-state index in [9.17, 15) is 5.11 Å². The molecule has 1 N–H and O–H groups in total. The van der Waals surface area contributed by atoms with Gasteiger partial charge in [0, 0.05) is 5.41 Å². The standard InChI is InChI=1S/C11H18O3/c1-8(12)4-9-5-11(9)13-6-10(2,3)7-14-11/h5,8,12H,4,6-7H2,1-3H3. The van der Waals surface area contributed by atoms with Crippen LogP contribution in [0.25, 0.3) is 0 Å². The molecule has 2 aliphatic rings. The predicted molar refractivity (Wildman–Crippen MR) is 52.8 cm³/mol. The van der Waals surface area contributed by atoms with E-state index >= 15 is 0 Å². The van der Waals surface area contributed by atoms with Gasteiger partial charge in [-0.15, -0.1) is 0 Å². The zero-order valence-corrected chi connectivity index (χ0v) is 9.04. The van der Waals surface area contributed by atoms with Crippen molar-refractivity contribution in [3.8, 4) is 0 Å². The molecule has 14 heavy (non-hydrogen) atoms. The lowest BCUT2D eigenvalue weighted by molar-refractivity contribution is -0.231. The van der Waals surface area contributed by atoms with E-state index < -0.39 is 5.79 Å². The molecule has 1 atom stereocenters. The lowest BCUT2D eigenvalue weighted by Gasteiger charge is -2.36. The monoisotopic (exact) mass is 198 g/mol. The average molecular weight is 198 g/mol. The Labute approximate surface area is 84.7 Å². The van der Waals surface area contributed by atoms with E-state index in [1.807, 2.05) is 6.08 Å². The molecular weight excluding hydrogens is 180 g/mol.